The van der Waals surface area contributed by atoms with Crippen LogP contribution in [0.15, 0.2) is 23.6 Å². The van der Waals surface area contributed by atoms with E-state index in [0.717, 1.165) is 24.4 Å². The molecule has 2 aliphatic rings. The highest BCUT2D eigenvalue weighted by Crippen LogP contribution is 2.35. The van der Waals surface area contributed by atoms with Crippen LogP contribution in [-0.4, -0.2) is 57.4 Å². The number of anilines is 1. The fourth-order valence-corrected chi connectivity index (χ4v) is 5.25. The molecule has 1 saturated carbocycles. The van der Waals surface area contributed by atoms with E-state index in [9.17, 15) is 8.42 Å². The van der Waals surface area contributed by atoms with Crippen LogP contribution in [0.2, 0.25) is 0 Å². The molecule has 4 rings (SSSR count). The minimum atomic E-state index is -3.53. The molecular weight excluding hydrogens is 364 g/mol. The Balaban J connectivity index is 1.49. The molecule has 2 aromatic rings. The van der Waals surface area contributed by atoms with Gasteiger partial charge >= 0.3 is 0 Å². The molecular formula is C18H26N6O2S. The molecule has 27 heavy (non-hydrogen) atoms. The highest BCUT2D eigenvalue weighted by Gasteiger charge is 2.39. The lowest BCUT2D eigenvalue weighted by atomic mass is 10.0. The largest absolute Gasteiger partial charge is 0.350 e. The van der Waals surface area contributed by atoms with E-state index in [1.165, 1.54) is 12.8 Å². The van der Waals surface area contributed by atoms with Crippen molar-refractivity contribution >= 4 is 15.8 Å². The van der Waals surface area contributed by atoms with Crippen molar-refractivity contribution in [3.63, 3.8) is 0 Å². The minimum absolute atomic E-state index is 0.145. The standard InChI is InChI=1S/C18H26N6O2S/c1-13-10-17(20-12-19-13)24(15-4-5-15)16-6-8-23(9-7-16)27(25,26)18-11-22(3)14(2)21-18/h10-12,15-16H,4-9H2,1-3H3. The lowest BCUT2D eigenvalue weighted by Crippen LogP contribution is -2.48. The van der Waals surface area contributed by atoms with Crippen LogP contribution in [0, 0.1) is 13.8 Å². The molecule has 3 heterocycles. The monoisotopic (exact) mass is 390 g/mol. The van der Waals surface area contributed by atoms with E-state index in [1.807, 2.05) is 27.0 Å². The number of sulfonamides is 1. The zero-order valence-corrected chi connectivity index (χ0v) is 16.9. The SMILES string of the molecule is Cc1cc(N(C2CC2)C2CCN(S(=O)(=O)c3cn(C)c(C)n3)CC2)ncn1. The van der Waals surface area contributed by atoms with Crippen LogP contribution < -0.4 is 4.90 Å². The summed E-state index contributed by atoms with van der Waals surface area (Å²) in [6.45, 7) is 4.80. The molecule has 9 heteroatoms. The second-order valence-electron chi connectivity index (χ2n) is 7.53. The lowest BCUT2D eigenvalue weighted by Gasteiger charge is -2.38. The number of imidazole rings is 1. The van der Waals surface area contributed by atoms with Crippen LogP contribution >= 0.6 is 0 Å². The Labute approximate surface area is 160 Å². The molecule has 0 aromatic carbocycles. The fraction of sp³-hybridized carbons (Fsp3) is 0.611. The molecule has 0 atom stereocenters. The maximum Gasteiger partial charge on any atom is 0.262 e. The number of rotatable bonds is 5. The highest BCUT2D eigenvalue weighted by atomic mass is 32.2. The molecule has 0 bridgehead atoms. The number of hydrogen-bond acceptors (Lipinski definition) is 6. The Kier molecular flexibility index (Phi) is 4.67. The summed E-state index contributed by atoms with van der Waals surface area (Å²) in [6.07, 6.45) is 7.15. The number of aryl methyl sites for hydroxylation is 3. The van der Waals surface area contributed by atoms with Gasteiger partial charge in [-0.25, -0.2) is 23.4 Å². The van der Waals surface area contributed by atoms with Gasteiger partial charge in [-0.1, -0.05) is 0 Å². The van der Waals surface area contributed by atoms with Gasteiger partial charge in [-0.2, -0.15) is 4.31 Å². The molecule has 0 unspecified atom stereocenters. The first-order valence-corrected chi connectivity index (χ1v) is 10.9. The van der Waals surface area contributed by atoms with E-state index in [1.54, 1.807) is 21.4 Å². The molecule has 8 nitrogen and oxygen atoms in total. The number of piperidine rings is 1. The average molecular weight is 391 g/mol. The van der Waals surface area contributed by atoms with Crippen LogP contribution in [0.1, 0.15) is 37.2 Å². The van der Waals surface area contributed by atoms with E-state index in [-0.39, 0.29) is 5.03 Å². The topological polar surface area (TPSA) is 84.2 Å². The molecule has 2 fully saturated rings. The first-order chi connectivity index (χ1) is 12.9. The van der Waals surface area contributed by atoms with E-state index < -0.39 is 10.0 Å². The Morgan fingerprint density at radius 3 is 2.30 bits per heavy atom. The second kappa shape index (κ2) is 6.87. The van der Waals surface area contributed by atoms with Gasteiger partial charge in [0.05, 0.1) is 0 Å². The third kappa shape index (κ3) is 3.58. The maximum absolute atomic E-state index is 12.9. The zero-order chi connectivity index (χ0) is 19.2. The van der Waals surface area contributed by atoms with Crippen LogP contribution in [0.25, 0.3) is 0 Å². The van der Waals surface area contributed by atoms with Gasteiger partial charge in [-0.05, 0) is 39.5 Å². The summed E-state index contributed by atoms with van der Waals surface area (Å²) in [7, 11) is -1.72. The van der Waals surface area contributed by atoms with E-state index in [0.29, 0.717) is 31.0 Å². The minimum Gasteiger partial charge on any atom is -0.350 e. The van der Waals surface area contributed by atoms with Gasteiger partial charge in [0.25, 0.3) is 10.0 Å². The third-order valence-electron chi connectivity index (χ3n) is 5.50. The van der Waals surface area contributed by atoms with Crippen molar-refractivity contribution in [3.8, 4) is 0 Å². The molecule has 1 aliphatic carbocycles. The molecule has 0 spiro atoms. The molecule has 1 aliphatic heterocycles. The molecule has 1 saturated heterocycles. The van der Waals surface area contributed by atoms with Crippen molar-refractivity contribution in [1.82, 2.24) is 23.8 Å². The summed E-state index contributed by atoms with van der Waals surface area (Å²) in [5, 5.41) is 0.145. The predicted molar refractivity (Wildman–Crippen MR) is 102 cm³/mol. The normalized spacial score (nSPS) is 19.4. The smallest absolute Gasteiger partial charge is 0.262 e. The van der Waals surface area contributed by atoms with Crippen molar-refractivity contribution in [2.24, 2.45) is 7.05 Å². The first kappa shape index (κ1) is 18.4. The zero-order valence-electron chi connectivity index (χ0n) is 16.0. The molecule has 0 amide bonds. The van der Waals surface area contributed by atoms with Crippen molar-refractivity contribution in [2.75, 3.05) is 18.0 Å². The van der Waals surface area contributed by atoms with Crippen molar-refractivity contribution < 1.29 is 8.42 Å². The summed E-state index contributed by atoms with van der Waals surface area (Å²) < 4.78 is 29.1. The van der Waals surface area contributed by atoms with Crippen LogP contribution in [0.4, 0.5) is 5.82 Å². The average Bonchev–Trinajstić information content (AvgIpc) is 3.40. The number of aromatic nitrogens is 4. The molecule has 0 N–H and O–H groups in total. The Bertz CT molecular complexity index is 910. The fourth-order valence-electron chi connectivity index (χ4n) is 3.75. The van der Waals surface area contributed by atoms with Crippen LogP contribution in [0.5, 0.6) is 0 Å². The number of nitrogens with zero attached hydrogens (tertiary/aromatic N) is 6. The second-order valence-corrected chi connectivity index (χ2v) is 9.41. The first-order valence-electron chi connectivity index (χ1n) is 9.43. The van der Waals surface area contributed by atoms with E-state index in [2.05, 4.69) is 19.9 Å². The highest BCUT2D eigenvalue weighted by molar-refractivity contribution is 7.89. The Morgan fingerprint density at radius 2 is 1.74 bits per heavy atom. The van der Waals surface area contributed by atoms with Gasteiger partial charge in [0, 0.05) is 50.2 Å². The van der Waals surface area contributed by atoms with Crippen molar-refractivity contribution in [1.29, 1.82) is 0 Å². The summed E-state index contributed by atoms with van der Waals surface area (Å²) in [5.41, 5.74) is 0.955. The summed E-state index contributed by atoms with van der Waals surface area (Å²) >= 11 is 0. The van der Waals surface area contributed by atoms with Gasteiger partial charge in [0.15, 0.2) is 5.03 Å². The van der Waals surface area contributed by atoms with Crippen LogP contribution in [-0.2, 0) is 17.1 Å². The Hall–Kier alpha value is -2.00. The quantitative estimate of drug-likeness (QED) is 0.772. The predicted octanol–water partition coefficient (Wildman–Crippen LogP) is 1.65. The van der Waals surface area contributed by atoms with E-state index in [4.69, 9.17) is 0 Å². The third-order valence-corrected chi connectivity index (χ3v) is 7.27. The molecule has 2 aromatic heterocycles. The van der Waals surface area contributed by atoms with Gasteiger partial charge in [-0.3, -0.25) is 0 Å². The summed E-state index contributed by atoms with van der Waals surface area (Å²) in [6, 6.07) is 2.85. The number of hydrogen-bond donors (Lipinski definition) is 0. The molecule has 0 radical (unpaired) electrons. The van der Waals surface area contributed by atoms with Crippen LogP contribution in [0.3, 0.4) is 0 Å². The molecule has 146 valence electrons. The maximum atomic E-state index is 12.9. The van der Waals surface area contributed by atoms with E-state index >= 15 is 0 Å². The van der Waals surface area contributed by atoms with Crippen molar-refractivity contribution in [2.45, 2.75) is 56.6 Å². The van der Waals surface area contributed by atoms with Crippen molar-refractivity contribution in [3.05, 3.63) is 30.1 Å². The van der Waals surface area contributed by atoms with Gasteiger partial charge in [0.2, 0.25) is 0 Å². The van der Waals surface area contributed by atoms with Gasteiger partial charge in [-0.15, -0.1) is 0 Å². The Morgan fingerprint density at radius 1 is 1.07 bits per heavy atom. The lowest BCUT2D eigenvalue weighted by molar-refractivity contribution is 0.307. The summed E-state index contributed by atoms with van der Waals surface area (Å²) in [5.74, 6) is 1.66. The van der Waals surface area contributed by atoms with Gasteiger partial charge < -0.3 is 9.47 Å². The summed E-state index contributed by atoms with van der Waals surface area (Å²) in [4.78, 5) is 15.3. The van der Waals surface area contributed by atoms with Gasteiger partial charge in [0.1, 0.15) is 18.0 Å².